The molecule has 0 amide bonds. The van der Waals surface area contributed by atoms with E-state index in [1.807, 2.05) is 25.1 Å². The maximum absolute atomic E-state index is 9.00. The van der Waals surface area contributed by atoms with Crippen LogP contribution in [0.4, 0.5) is 16.5 Å². The standard InChI is InChI=1S/C23H36N4O5S/c1-4-27-16-19(3)33-23(27)26-25-22-6-5-20(15-18(22)2)24-21(17-32-12-9-29)7-10-30-13-14-31-11-8-28/h5-6,15-16,21,28-29H,4,7-14,17H2,1-3H3/p+1. The van der Waals surface area contributed by atoms with Crippen molar-refractivity contribution < 1.29 is 29.0 Å². The normalized spacial score (nSPS) is 12.5. The van der Waals surface area contributed by atoms with Gasteiger partial charge in [0.2, 0.25) is 0 Å². The minimum atomic E-state index is -0.00792. The van der Waals surface area contributed by atoms with Crippen LogP contribution in [0.2, 0.25) is 0 Å². The average Bonchev–Trinajstić information content (AvgIpc) is 3.17. The van der Waals surface area contributed by atoms with E-state index in [9.17, 15) is 0 Å². The van der Waals surface area contributed by atoms with E-state index in [1.54, 1.807) is 11.3 Å². The molecule has 1 heterocycles. The summed E-state index contributed by atoms with van der Waals surface area (Å²) in [5, 5.41) is 31.0. The molecular weight excluding hydrogens is 444 g/mol. The molecule has 0 fully saturated rings. The second-order valence-corrected chi connectivity index (χ2v) is 8.70. The molecule has 10 heteroatoms. The predicted molar refractivity (Wildman–Crippen MR) is 129 cm³/mol. The van der Waals surface area contributed by atoms with Crippen LogP contribution < -0.4 is 9.88 Å². The Labute approximate surface area is 200 Å². The van der Waals surface area contributed by atoms with Gasteiger partial charge in [0, 0.05) is 17.2 Å². The SMILES string of the molecule is CC[n+]1cc(C)sc1/N=N/c1ccc(NC(CCOCCOCCO)COCCO)cc1C. The highest BCUT2D eigenvalue weighted by atomic mass is 32.1. The number of aliphatic hydroxyl groups is 2. The van der Waals surface area contributed by atoms with Crippen molar-refractivity contribution in [2.45, 2.75) is 39.8 Å². The van der Waals surface area contributed by atoms with E-state index < -0.39 is 0 Å². The van der Waals surface area contributed by atoms with Gasteiger partial charge in [0.25, 0.3) is 0 Å². The number of azo groups is 1. The fourth-order valence-corrected chi connectivity index (χ4v) is 3.95. The van der Waals surface area contributed by atoms with E-state index >= 15 is 0 Å². The van der Waals surface area contributed by atoms with Crippen LogP contribution in [-0.4, -0.2) is 69.1 Å². The fourth-order valence-electron chi connectivity index (χ4n) is 3.10. The summed E-state index contributed by atoms with van der Waals surface area (Å²) in [6, 6.07) is 6.01. The van der Waals surface area contributed by atoms with Crippen molar-refractivity contribution in [3.63, 3.8) is 0 Å². The Balaban J connectivity index is 1.93. The zero-order valence-electron chi connectivity index (χ0n) is 19.8. The van der Waals surface area contributed by atoms with E-state index in [0.29, 0.717) is 39.6 Å². The first-order chi connectivity index (χ1) is 16.1. The predicted octanol–water partition coefficient (Wildman–Crippen LogP) is 3.29. The van der Waals surface area contributed by atoms with Gasteiger partial charge in [0.1, 0.15) is 11.9 Å². The highest BCUT2D eigenvalue weighted by Crippen LogP contribution is 2.26. The maximum atomic E-state index is 9.00. The number of nitrogens with zero attached hydrogens (tertiary/aromatic N) is 3. The monoisotopic (exact) mass is 481 g/mol. The molecule has 3 N–H and O–H groups in total. The zero-order valence-corrected chi connectivity index (χ0v) is 20.6. The first kappa shape index (κ1) is 27.3. The fraction of sp³-hybridized carbons (Fsp3) is 0.609. The molecule has 184 valence electrons. The van der Waals surface area contributed by atoms with Crippen LogP contribution in [0.3, 0.4) is 0 Å². The number of rotatable bonds is 17. The number of hydrogen-bond acceptors (Lipinski definition) is 9. The van der Waals surface area contributed by atoms with Gasteiger partial charge in [0.05, 0.1) is 63.9 Å². The lowest BCUT2D eigenvalue weighted by atomic mass is 10.1. The summed E-state index contributed by atoms with van der Waals surface area (Å²) in [6.07, 6.45) is 2.82. The first-order valence-electron chi connectivity index (χ1n) is 11.3. The third-order valence-corrected chi connectivity index (χ3v) is 5.69. The van der Waals surface area contributed by atoms with E-state index in [-0.39, 0.29) is 19.3 Å². The van der Waals surface area contributed by atoms with E-state index in [0.717, 1.165) is 35.0 Å². The lowest BCUT2D eigenvalue weighted by molar-refractivity contribution is -0.677. The highest BCUT2D eigenvalue weighted by molar-refractivity contribution is 7.14. The van der Waals surface area contributed by atoms with Gasteiger partial charge in [-0.2, -0.15) is 0 Å². The molecule has 2 rings (SSSR count). The third-order valence-electron chi connectivity index (χ3n) is 4.76. The Hall–Kier alpha value is -1.95. The molecule has 0 saturated heterocycles. The Morgan fingerprint density at radius 1 is 1.00 bits per heavy atom. The molecule has 0 aliphatic carbocycles. The average molecular weight is 482 g/mol. The molecule has 0 aliphatic rings. The quantitative estimate of drug-likeness (QED) is 0.182. The van der Waals surface area contributed by atoms with Crippen molar-refractivity contribution in [1.82, 2.24) is 0 Å². The van der Waals surface area contributed by atoms with Crippen molar-refractivity contribution in [2.75, 3.05) is 58.2 Å². The van der Waals surface area contributed by atoms with Gasteiger partial charge in [-0.05, 0) is 67.4 Å². The molecule has 0 spiro atoms. The zero-order chi connectivity index (χ0) is 23.9. The number of nitrogens with one attached hydrogen (secondary N) is 1. The molecule has 1 atom stereocenters. The van der Waals surface area contributed by atoms with Crippen LogP contribution in [-0.2, 0) is 20.8 Å². The summed E-state index contributed by atoms with van der Waals surface area (Å²) in [5.41, 5.74) is 2.81. The number of aryl methyl sites for hydroxylation is 3. The number of aliphatic hydroxyl groups excluding tert-OH is 2. The van der Waals surface area contributed by atoms with Crippen LogP contribution in [0.1, 0.15) is 23.8 Å². The Kier molecular flexibility index (Phi) is 13.1. The summed E-state index contributed by atoms with van der Waals surface area (Å²) in [6.45, 7) is 9.60. The van der Waals surface area contributed by atoms with Gasteiger partial charge in [-0.25, -0.2) is 4.57 Å². The number of thiazole rings is 1. The summed E-state index contributed by atoms with van der Waals surface area (Å²) >= 11 is 1.63. The Morgan fingerprint density at radius 3 is 2.42 bits per heavy atom. The van der Waals surface area contributed by atoms with Crippen molar-refractivity contribution in [3.05, 3.63) is 34.8 Å². The number of ether oxygens (including phenoxy) is 3. The molecule has 2 aromatic rings. The molecule has 1 aromatic heterocycles. The Morgan fingerprint density at radius 2 is 1.73 bits per heavy atom. The van der Waals surface area contributed by atoms with Gasteiger partial charge in [-0.3, -0.25) is 0 Å². The summed E-state index contributed by atoms with van der Waals surface area (Å²) < 4.78 is 18.4. The van der Waals surface area contributed by atoms with Gasteiger partial charge in [0.15, 0.2) is 0 Å². The van der Waals surface area contributed by atoms with Crippen molar-refractivity contribution in [3.8, 4) is 0 Å². The minimum absolute atomic E-state index is 0.00792. The van der Waals surface area contributed by atoms with Crippen molar-refractivity contribution in [1.29, 1.82) is 0 Å². The van der Waals surface area contributed by atoms with Crippen LogP contribution in [0.25, 0.3) is 0 Å². The van der Waals surface area contributed by atoms with Gasteiger partial charge < -0.3 is 29.7 Å². The molecule has 9 nitrogen and oxygen atoms in total. The number of hydrogen-bond donors (Lipinski definition) is 3. The van der Waals surface area contributed by atoms with Crippen LogP contribution in [0.5, 0.6) is 0 Å². The van der Waals surface area contributed by atoms with Crippen molar-refractivity contribution >= 4 is 27.8 Å². The summed E-state index contributed by atoms with van der Waals surface area (Å²) in [4.78, 5) is 1.21. The van der Waals surface area contributed by atoms with E-state index in [4.69, 9.17) is 24.4 Å². The van der Waals surface area contributed by atoms with E-state index in [2.05, 4.69) is 40.2 Å². The van der Waals surface area contributed by atoms with Gasteiger partial charge >= 0.3 is 5.13 Å². The van der Waals surface area contributed by atoms with Crippen LogP contribution >= 0.6 is 11.3 Å². The molecule has 0 bridgehead atoms. The molecule has 1 aromatic carbocycles. The topological polar surface area (TPSA) is 109 Å². The minimum Gasteiger partial charge on any atom is -0.394 e. The molecule has 0 saturated carbocycles. The van der Waals surface area contributed by atoms with Gasteiger partial charge in [-0.1, -0.05) is 0 Å². The van der Waals surface area contributed by atoms with Gasteiger partial charge in [-0.15, -0.1) is 0 Å². The highest BCUT2D eigenvalue weighted by Gasteiger charge is 2.14. The molecular formula is C23H37N4O5S+. The lowest BCUT2D eigenvalue weighted by Crippen LogP contribution is -2.28. The summed E-state index contributed by atoms with van der Waals surface area (Å²) in [5.74, 6) is 0. The molecule has 0 aliphatic heterocycles. The first-order valence-corrected chi connectivity index (χ1v) is 12.1. The van der Waals surface area contributed by atoms with Crippen LogP contribution in [0.15, 0.2) is 34.6 Å². The smallest absolute Gasteiger partial charge is 0.394 e. The number of aromatic nitrogens is 1. The number of anilines is 1. The van der Waals surface area contributed by atoms with E-state index in [1.165, 1.54) is 4.88 Å². The maximum Gasteiger partial charge on any atom is 0.408 e. The number of benzene rings is 1. The second kappa shape index (κ2) is 15.8. The van der Waals surface area contributed by atoms with Crippen molar-refractivity contribution in [2.24, 2.45) is 10.2 Å². The third kappa shape index (κ3) is 10.2. The largest absolute Gasteiger partial charge is 0.408 e. The van der Waals surface area contributed by atoms with Crippen LogP contribution in [0, 0.1) is 13.8 Å². The summed E-state index contributed by atoms with van der Waals surface area (Å²) in [7, 11) is 0. The Bertz CT molecular complexity index is 846. The molecule has 1 unspecified atom stereocenters. The lowest BCUT2D eigenvalue weighted by Gasteiger charge is -2.20. The second-order valence-electron chi connectivity index (χ2n) is 7.49. The molecule has 0 radical (unpaired) electrons. The molecule has 33 heavy (non-hydrogen) atoms.